The fourth-order valence-corrected chi connectivity index (χ4v) is 1.48. The maximum Gasteiger partial charge on any atom is 0.159 e. The lowest BCUT2D eigenvalue weighted by Gasteiger charge is -2.23. The Morgan fingerprint density at radius 1 is 1.33 bits per heavy atom. The zero-order valence-corrected chi connectivity index (χ0v) is 8.25. The van der Waals surface area contributed by atoms with Crippen molar-refractivity contribution in [1.29, 1.82) is 0 Å². The first-order valence-corrected chi connectivity index (χ1v) is 4.50. The third kappa shape index (κ3) is 6.58. The van der Waals surface area contributed by atoms with Gasteiger partial charge in [-0.15, -0.1) is 0 Å². The van der Waals surface area contributed by atoms with Crippen molar-refractivity contribution in [3.63, 3.8) is 0 Å². The SMILES string of the molecule is CC(C)C[C@H](CN)CC(C)(O)O. The Bertz CT molecular complexity index is 118. The third-order valence-corrected chi connectivity index (χ3v) is 1.81. The molecule has 0 radical (unpaired) electrons. The Balaban J connectivity index is 3.83. The lowest BCUT2D eigenvalue weighted by atomic mass is 9.91. The van der Waals surface area contributed by atoms with Crippen LogP contribution in [0.25, 0.3) is 0 Å². The van der Waals surface area contributed by atoms with E-state index < -0.39 is 5.79 Å². The maximum absolute atomic E-state index is 9.13. The fraction of sp³-hybridized carbons (Fsp3) is 1.00. The van der Waals surface area contributed by atoms with Crippen molar-refractivity contribution >= 4 is 0 Å². The van der Waals surface area contributed by atoms with E-state index in [9.17, 15) is 0 Å². The molecule has 0 spiro atoms. The summed E-state index contributed by atoms with van der Waals surface area (Å²) in [6.45, 7) is 6.13. The van der Waals surface area contributed by atoms with Crippen LogP contribution in [0.4, 0.5) is 0 Å². The van der Waals surface area contributed by atoms with Crippen molar-refractivity contribution in [2.24, 2.45) is 17.6 Å². The molecule has 4 N–H and O–H groups in total. The highest BCUT2D eigenvalue weighted by Crippen LogP contribution is 2.19. The number of hydrogen-bond donors (Lipinski definition) is 3. The minimum atomic E-state index is -1.57. The molecule has 12 heavy (non-hydrogen) atoms. The van der Waals surface area contributed by atoms with Crippen molar-refractivity contribution in [1.82, 2.24) is 0 Å². The lowest BCUT2D eigenvalue weighted by molar-refractivity contribution is -0.158. The van der Waals surface area contributed by atoms with E-state index in [1.165, 1.54) is 6.92 Å². The van der Waals surface area contributed by atoms with Crippen LogP contribution < -0.4 is 5.73 Å². The van der Waals surface area contributed by atoms with Gasteiger partial charge >= 0.3 is 0 Å². The molecular weight excluding hydrogens is 154 g/mol. The van der Waals surface area contributed by atoms with E-state index in [0.717, 1.165) is 6.42 Å². The molecule has 1 atom stereocenters. The second-order valence-electron chi connectivity index (χ2n) is 4.15. The molecule has 0 aliphatic heterocycles. The second kappa shape index (κ2) is 4.80. The fourth-order valence-electron chi connectivity index (χ4n) is 1.48. The Morgan fingerprint density at radius 3 is 2.08 bits per heavy atom. The van der Waals surface area contributed by atoms with E-state index in [4.69, 9.17) is 15.9 Å². The van der Waals surface area contributed by atoms with Gasteiger partial charge in [0.2, 0.25) is 0 Å². The predicted octanol–water partition coefficient (Wildman–Crippen LogP) is 0.698. The zero-order chi connectivity index (χ0) is 9.78. The summed E-state index contributed by atoms with van der Waals surface area (Å²) in [6, 6.07) is 0. The van der Waals surface area contributed by atoms with Crippen molar-refractivity contribution in [3.05, 3.63) is 0 Å². The van der Waals surface area contributed by atoms with E-state index in [1.54, 1.807) is 0 Å². The summed E-state index contributed by atoms with van der Waals surface area (Å²) in [6.07, 6.45) is 1.31. The molecule has 0 fully saturated rings. The number of rotatable bonds is 5. The lowest BCUT2D eigenvalue weighted by Crippen LogP contribution is -2.30. The first-order valence-electron chi connectivity index (χ1n) is 4.50. The highest BCUT2D eigenvalue weighted by molar-refractivity contribution is 4.68. The van der Waals surface area contributed by atoms with E-state index in [2.05, 4.69) is 13.8 Å². The summed E-state index contributed by atoms with van der Waals surface area (Å²) in [5, 5.41) is 18.3. The Morgan fingerprint density at radius 2 is 1.83 bits per heavy atom. The minimum absolute atomic E-state index is 0.213. The molecule has 0 aliphatic carbocycles. The number of nitrogens with two attached hydrogens (primary N) is 1. The molecule has 74 valence electrons. The van der Waals surface area contributed by atoms with Gasteiger partial charge in [-0.25, -0.2) is 0 Å². The molecule has 0 rings (SSSR count). The van der Waals surface area contributed by atoms with E-state index >= 15 is 0 Å². The number of aliphatic hydroxyl groups is 2. The van der Waals surface area contributed by atoms with E-state index in [-0.39, 0.29) is 5.92 Å². The summed E-state index contributed by atoms with van der Waals surface area (Å²) >= 11 is 0. The van der Waals surface area contributed by atoms with Gasteiger partial charge in [-0.05, 0) is 31.7 Å². The average Bonchev–Trinajstić information content (AvgIpc) is 1.82. The molecule has 0 bridgehead atoms. The van der Waals surface area contributed by atoms with Gasteiger partial charge in [0.15, 0.2) is 5.79 Å². The molecule has 3 nitrogen and oxygen atoms in total. The highest BCUT2D eigenvalue weighted by atomic mass is 16.5. The molecule has 0 aromatic heterocycles. The van der Waals surface area contributed by atoms with Gasteiger partial charge in [-0.3, -0.25) is 0 Å². The van der Waals surface area contributed by atoms with Crippen LogP contribution in [-0.2, 0) is 0 Å². The van der Waals surface area contributed by atoms with Crippen molar-refractivity contribution in [2.75, 3.05) is 6.54 Å². The normalized spacial score (nSPS) is 15.2. The molecule has 0 aliphatic rings. The van der Waals surface area contributed by atoms with Crippen LogP contribution in [0.2, 0.25) is 0 Å². The first kappa shape index (κ1) is 11.9. The van der Waals surface area contributed by atoms with E-state index in [0.29, 0.717) is 18.9 Å². The van der Waals surface area contributed by atoms with Crippen molar-refractivity contribution in [2.45, 2.75) is 39.4 Å². The van der Waals surface area contributed by atoms with Gasteiger partial charge in [-0.2, -0.15) is 0 Å². The number of hydrogen-bond acceptors (Lipinski definition) is 3. The summed E-state index contributed by atoms with van der Waals surface area (Å²) in [7, 11) is 0. The largest absolute Gasteiger partial charge is 0.366 e. The van der Waals surface area contributed by atoms with Crippen LogP contribution in [0.1, 0.15) is 33.6 Å². The van der Waals surface area contributed by atoms with Gasteiger partial charge in [0.1, 0.15) is 0 Å². The van der Waals surface area contributed by atoms with Crippen LogP contribution in [0.3, 0.4) is 0 Å². The van der Waals surface area contributed by atoms with Gasteiger partial charge < -0.3 is 15.9 Å². The van der Waals surface area contributed by atoms with Gasteiger partial charge in [0.25, 0.3) is 0 Å². The maximum atomic E-state index is 9.13. The zero-order valence-electron chi connectivity index (χ0n) is 8.25. The third-order valence-electron chi connectivity index (χ3n) is 1.81. The van der Waals surface area contributed by atoms with Crippen LogP contribution in [0.15, 0.2) is 0 Å². The molecular formula is C9H21NO2. The summed E-state index contributed by atoms with van der Waals surface area (Å²) < 4.78 is 0. The Hall–Kier alpha value is -0.120. The van der Waals surface area contributed by atoms with Gasteiger partial charge in [0.05, 0.1) is 0 Å². The first-order chi connectivity index (χ1) is 5.35. The van der Waals surface area contributed by atoms with Crippen LogP contribution >= 0.6 is 0 Å². The summed E-state index contributed by atoms with van der Waals surface area (Å²) in [5.41, 5.74) is 5.51. The quantitative estimate of drug-likeness (QED) is 0.539. The van der Waals surface area contributed by atoms with Crippen LogP contribution in [0.5, 0.6) is 0 Å². The molecule has 0 amide bonds. The predicted molar refractivity (Wildman–Crippen MR) is 49.5 cm³/mol. The molecule has 0 aromatic carbocycles. The molecule has 0 saturated heterocycles. The summed E-state index contributed by atoms with van der Waals surface area (Å²) in [5.74, 6) is -0.801. The van der Waals surface area contributed by atoms with Crippen LogP contribution in [-0.4, -0.2) is 22.5 Å². The molecule has 0 unspecified atom stereocenters. The average molecular weight is 175 g/mol. The molecule has 0 heterocycles. The van der Waals surface area contributed by atoms with E-state index in [1.807, 2.05) is 0 Å². The molecule has 0 aromatic rings. The smallest absolute Gasteiger partial charge is 0.159 e. The van der Waals surface area contributed by atoms with Crippen molar-refractivity contribution in [3.8, 4) is 0 Å². The molecule has 3 heteroatoms. The topological polar surface area (TPSA) is 66.5 Å². The minimum Gasteiger partial charge on any atom is -0.366 e. The van der Waals surface area contributed by atoms with Gasteiger partial charge in [0, 0.05) is 6.42 Å². The van der Waals surface area contributed by atoms with Crippen molar-refractivity contribution < 1.29 is 10.2 Å². The Labute approximate surface area is 74.6 Å². The standard InChI is InChI=1S/C9H21NO2/c1-7(2)4-8(6-10)5-9(3,11)12/h7-8,11-12H,4-6,10H2,1-3H3/t8-/m0/s1. The second-order valence-corrected chi connectivity index (χ2v) is 4.15. The van der Waals surface area contributed by atoms with Crippen LogP contribution in [0, 0.1) is 11.8 Å². The summed E-state index contributed by atoms with van der Waals surface area (Å²) in [4.78, 5) is 0. The Kier molecular flexibility index (Phi) is 4.75. The highest BCUT2D eigenvalue weighted by Gasteiger charge is 2.21. The monoisotopic (exact) mass is 175 g/mol. The van der Waals surface area contributed by atoms with Gasteiger partial charge in [-0.1, -0.05) is 13.8 Å². The molecule has 0 saturated carbocycles.